The van der Waals surface area contributed by atoms with E-state index in [-0.39, 0.29) is 17.2 Å². The minimum absolute atomic E-state index is 0.0835. The third-order valence-corrected chi connectivity index (χ3v) is 6.39. The Bertz CT molecular complexity index is 1370. The van der Waals surface area contributed by atoms with E-state index >= 15 is 0 Å². The van der Waals surface area contributed by atoms with Gasteiger partial charge in [-0.1, -0.05) is 77.8 Å². The normalized spacial score (nSPS) is 10.6. The lowest BCUT2D eigenvalue weighted by Crippen LogP contribution is -2.32. The molecular weight excluding hydrogens is 509 g/mol. The van der Waals surface area contributed by atoms with Crippen molar-refractivity contribution in [2.24, 2.45) is 0 Å². The summed E-state index contributed by atoms with van der Waals surface area (Å²) >= 11 is 12.5. The molecule has 1 N–H and O–H groups in total. The fourth-order valence-corrected chi connectivity index (χ4v) is 4.32. The fourth-order valence-electron chi connectivity index (χ4n) is 3.95. The van der Waals surface area contributed by atoms with Crippen molar-refractivity contribution in [2.45, 2.75) is 19.4 Å². The number of ether oxygens (including phenoxy) is 1. The van der Waals surface area contributed by atoms with Crippen LogP contribution in [0.1, 0.15) is 38.3 Å². The number of hydrogen-bond donors (Lipinski definition) is 1. The molecule has 188 valence electrons. The molecule has 7 heteroatoms. The number of carbonyl (C=O) groups is 2. The molecule has 0 fully saturated rings. The van der Waals surface area contributed by atoms with E-state index in [9.17, 15) is 14.7 Å². The Kier molecular flexibility index (Phi) is 8.83. The third-order valence-electron chi connectivity index (χ3n) is 5.82. The highest BCUT2D eigenvalue weighted by atomic mass is 35.5. The molecule has 0 heterocycles. The van der Waals surface area contributed by atoms with Crippen LogP contribution in [0.4, 0.5) is 0 Å². The topological polar surface area (TPSA) is 66.8 Å². The lowest BCUT2D eigenvalue weighted by Gasteiger charge is -2.24. The molecule has 4 aromatic carbocycles. The number of carboxylic acids is 1. The summed E-state index contributed by atoms with van der Waals surface area (Å²) in [6.45, 7) is 0.892. The Labute approximate surface area is 225 Å². The minimum Gasteiger partial charge on any atom is -0.478 e. The number of carbonyl (C=O) groups excluding carboxylic acids is 1. The highest BCUT2D eigenvalue weighted by Crippen LogP contribution is 2.27. The highest BCUT2D eigenvalue weighted by Gasteiger charge is 2.19. The maximum Gasteiger partial charge on any atom is 0.339 e. The molecule has 5 nitrogen and oxygen atoms in total. The number of hydrogen-bond acceptors (Lipinski definition) is 3. The van der Waals surface area contributed by atoms with Crippen molar-refractivity contribution in [3.63, 3.8) is 0 Å². The first-order chi connectivity index (χ1) is 17.9. The van der Waals surface area contributed by atoms with E-state index in [1.807, 2.05) is 30.3 Å². The zero-order chi connectivity index (χ0) is 26.2. The molecule has 0 bridgehead atoms. The third kappa shape index (κ3) is 7.13. The molecule has 1 amide bonds. The quantitative estimate of drug-likeness (QED) is 0.226. The molecule has 0 aliphatic carbocycles. The number of halogens is 2. The Morgan fingerprint density at radius 3 is 2.22 bits per heavy atom. The van der Waals surface area contributed by atoms with Crippen LogP contribution in [0.15, 0.2) is 97.1 Å². The lowest BCUT2D eigenvalue weighted by molar-refractivity contribution is 0.0692. The molecule has 0 aliphatic heterocycles. The second-order valence-electron chi connectivity index (χ2n) is 8.49. The molecule has 0 saturated carbocycles. The van der Waals surface area contributed by atoms with Crippen LogP contribution in [0.25, 0.3) is 0 Å². The summed E-state index contributed by atoms with van der Waals surface area (Å²) < 4.78 is 5.80. The Morgan fingerprint density at radius 1 is 0.784 bits per heavy atom. The number of rotatable bonds is 10. The number of benzene rings is 4. The van der Waals surface area contributed by atoms with Crippen molar-refractivity contribution < 1.29 is 19.4 Å². The van der Waals surface area contributed by atoms with Gasteiger partial charge >= 0.3 is 5.97 Å². The van der Waals surface area contributed by atoms with Crippen LogP contribution in [-0.2, 0) is 13.0 Å². The molecule has 0 aliphatic rings. The van der Waals surface area contributed by atoms with Crippen LogP contribution < -0.4 is 4.74 Å². The van der Waals surface area contributed by atoms with Gasteiger partial charge in [-0.15, -0.1) is 0 Å². The lowest BCUT2D eigenvalue weighted by atomic mass is 10.1. The number of nitrogens with zero attached hydrogens (tertiary/aromatic N) is 1. The number of carboxylic acid groups (broad SMARTS) is 1. The highest BCUT2D eigenvalue weighted by molar-refractivity contribution is 6.35. The average molecular weight is 534 g/mol. The first-order valence-electron chi connectivity index (χ1n) is 11.8. The van der Waals surface area contributed by atoms with Gasteiger partial charge in [-0.05, 0) is 66.4 Å². The number of aryl methyl sites for hydroxylation is 1. The maximum atomic E-state index is 13.5. The minimum atomic E-state index is -1.06. The summed E-state index contributed by atoms with van der Waals surface area (Å²) in [7, 11) is 0. The van der Waals surface area contributed by atoms with Gasteiger partial charge in [0.25, 0.3) is 5.91 Å². The molecule has 37 heavy (non-hydrogen) atoms. The maximum absolute atomic E-state index is 13.5. The summed E-state index contributed by atoms with van der Waals surface area (Å²) in [6.07, 6.45) is 1.62. The van der Waals surface area contributed by atoms with Crippen molar-refractivity contribution in [3.05, 3.63) is 129 Å². The molecule has 0 unspecified atom stereocenters. The van der Waals surface area contributed by atoms with Crippen LogP contribution in [-0.4, -0.2) is 28.4 Å². The smallest absolute Gasteiger partial charge is 0.339 e. The fraction of sp³-hybridized carbons (Fsp3) is 0.133. The summed E-state index contributed by atoms with van der Waals surface area (Å²) in [4.78, 5) is 26.7. The van der Waals surface area contributed by atoms with Gasteiger partial charge in [0.1, 0.15) is 17.1 Å². The van der Waals surface area contributed by atoms with Crippen LogP contribution in [0.3, 0.4) is 0 Å². The van der Waals surface area contributed by atoms with E-state index in [0.29, 0.717) is 34.4 Å². The second kappa shape index (κ2) is 12.4. The van der Waals surface area contributed by atoms with Gasteiger partial charge in [0.2, 0.25) is 0 Å². The van der Waals surface area contributed by atoms with Crippen LogP contribution >= 0.6 is 23.2 Å². The van der Waals surface area contributed by atoms with E-state index in [2.05, 4.69) is 12.1 Å². The van der Waals surface area contributed by atoms with E-state index < -0.39 is 5.97 Å². The summed E-state index contributed by atoms with van der Waals surface area (Å²) in [6, 6.07) is 28.7. The number of aromatic carboxylic acids is 1. The van der Waals surface area contributed by atoms with Gasteiger partial charge in [0, 0.05) is 18.1 Å². The zero-order valence-corrected chi connectivity index (χ0v) is 21.5. The van der Waals surface area contributed by atoms with Crippen molar-refractivity contribution >= 4 is 35.1 Å². The first-order valence-corrected chi connectivity index (χ1v) is 12.5. The van der Waals surface area contributed by atoms with Crippen molar-refractivity contribution in [1.29, 1.82) is 0 Å². The first kappa shape index (κ1) is 26.3. The Hall–Kier alpha value is -3.80. The van der Waals surface area contributed by atoms with Gasteiger partial charge < -0.3 is 14.7 Å². The monoisotopic (exact) mass is 533 g/mol. The van der Waals surface area contributed by atoms with E-state index in [4.69, 9.17) is 27.9 Å². The van der Waals surface area contributed by atoms with Crippen molar-refractivity contribution in [1.82, 2.24) is 4.90 Å². The number of amides is 1. The molecule has 0 aromatic heterocycles. The molecular formula is C30H25Cl2NO4. The van der Waals surface area contributed by atoms with E-state index in [1.165, 1.54) is 11.6 Å². The second-order valence-corrected chi connectivity index (χ2v) is 9.33. The Morgan fingerprint density at radius 2 is 1.49 bits per heavy atom. The van der Waals surface area contributed by atoms with Gasteiger partial charge in [-0.3, -0.25) is 4.79 Å². The van der Waals surface area contributed by atoms with Gasteiger partial charge in [0.15, 0.2) is 0 Å². The average Bonchev–Trinajstić information content (AvgIpc) is 2.91. The SMILES string of the molecule is O=C(O)c1ccccc1Oc1ccc(CN(CCCc2ccccc2)C(=O)c2cc(Cl)ccc2Cl)cc1. The molecule has 0 radical (unpaired) electrons. The summed E-state index contributed by atoms with van der Waals surface area (Å²) in [5.41, 5.74) is 2.54. The largest absolute Gasteiger partial charge is 0.478 e. The van der Waals surface area contributed by atoms with Crippen LogP contribution in [0.2, 0.25) is 10.0 Å². The molecule has 0 spiro atoms. The van der Waals surface area contributed by atoms with Crippen molar-refractivity contribution in [2.75, 3.05) is 6.54 Å². The van der Waals surface area contributed by atoms with Gasteiger partial charge in [-0.2, -0.15) is 0 Å². The number of para-hydroxylation sites is 1. The van der Waals surface area contributed by atoms with Crippen molar-refractivity contribution in [3.8, 4) is 11.5 Å². The predicted octanol–water partition coefficient (Wildman–Crippen LogP) is 7.76. The zero-order valence-electron chi connectivity index (χ0n) is 19.9. The van der Waals surface area contributed by atoms with Crippen LogP contribution in [0.5, 0.6) is 11.5 Å². The standard InChI is InChI=1S/C30H25Cl2NO4/c31-23-14-17-27(32)26(19-23)29(34)33(18-6-9-21-7-2-1-3-8-21)20-22-12-15-24(16-13-22)37-28-11-5-4-10-25(28)30(35)36/h1-5,7-8,10-17,19H,6,9,18,20H2,(H,35,36). The molecule has 4 aromatic rings. The predicted molar refractivity (Wildman–Crippen MR) is 146 cm³/mol. The van der Waals surface area contributed by atoms with E-state index in [1.54, 1.807) is 53.4 Å². The molecule has 0 saturated heterocycles. The van der Waals surface area contributed by atoms with Gasteiger partial charge in [0.05, 0.1) is 10.6 Å². The van der Waals surface area contributed by atoms with Crippen LogP contribution in [0, 0.1) is 0 Å². The van der Waals surface area contributed by atoms with Gasteiger partial charge in [-0.25, -0.2) is 4.79 Å². The summed E-state index contributed by atoms with van der Waals surface area (Å²) in [5, 5.41) is 10.2. The van der Waals surface area contributed by atoms with E-state index in [0.717, 1.165) is 18.4 Å². The molecule has 4 rings (SSSR count). The summed E-state index contributed by atoms with van der Waals surface area (Å²) in [5.74, 6) is -0.499. The molecule has 0 atom stereocenters. The Balaban J connectivity index is 1.50.